The minimum Gasteiger partial charge on any atom is -0.510 e. The summed E-state index contributed by atoms with van der Waals surface area (Å²) in [6, 6.07) is 7.59. The highest BCUT2D eigenvalue weighted by Crippen LogP contribution is 2.35. The summed E-state index contributed by atoms with van der Waals surface area (Å²) in [5.41, 5.74) is 1.22. The standard InChI is InChI=1S/C16H21NO3/c1-11(2)17(12-7-4-5-10-15(12)20-3)16-13(18)8-6-9-14(16)19/h4-5,7,10-11,18H,6,8-9H2,1-3H3. The fraction of sp³-hybridized carbons (Fsp3) is 0.438. The van der Waals surface area contributed by atoms with E-state index >= 15 is 0 Å². The van der Waals surface area contributed by atoms with E-state index in [0.29, 0.717) is 30.7 Å². The first-order chi connectivity index (χ1) is 9.56. The second-order valence-corrected chi connectivity index (χ2v) is 5.21. The highest BCUT2D eigenvalue weighted by atomic mass is 16.5. The Morgan fingerprint density at radius 3 is 2.55 bits per heavy atom. The van der Waals surface area contributed by atoms with Crippen LogP contribution in [0.15, 0.2) is 35.7 Å². The van der Waals surface area contributed by atoms with Crippen LogP contribution in [0.1, 0.15) is 33.1 Å². The fourth-order valence-electron chi connectivity index (χ4n) is 2.57. The third-order valence-electron chi connectivity index (χ3n) is 3.46. The number of nitrogens with zero attached hydrogens (tertiary/aromatic N) is 1. The Balaban J connectivity index is 2.54. The first kappa shape index (κ1) is 14.4. The van der Waals surface area contributed by atoms with Crippen molar-refractivity contribution in [2.45, 2.75) is 39.2 Å². The van der Waals surface area contributed by atoms with Gasteiger partial charge >= 0.3 is 0 Å². The molecule has 4 heteroatoms. The molecule has 0 fully saturated rings. The number of ketones is 1. The van der Waals surface area contributed by atoms with Gasteiger partial charge in [0, 0.05) is 18.9 Å². The SMILES string of the molecule is COc1ccccc1N(C1=C(O)CCCC1=O)C(C)C. The van der Waals surface area contributed by atoms with Crippen molar-refractivity contribution in [3.63, 3.8) is 0 Å². The molecule has 0 saturated carbocycles. The van der Waals surface area contributed by atoms with Crippen molar-refractivity contribution >= 4 is 11.5 Å². The molecule has 0 bridgehead atoms. The van der Waals surface area contributed by atoms with Crippen LogP contribution in [-0.2, 0) is 4.79 Å². The molecule has 0 atom stereocenters. The van der Waals surface area contributed by atoms with Crippen LogP contribution in [0.3, 0.4) is 0 Å². The number of rotatable bonds is 4. The van der Waals surface area contributed by atoms with Gasteiger partial charge in [0.2, 0.25) is 0 Å². The van der Waals surface area contributed by atoms with Crippen molar-refractivity contribution in [2.75, 3.05) is 12.0 Å². The molecule has 0 radical (unpaired) electrons. The number of ether oxygens (including phenoxy) is 1. The summed E-state index contributed by atoms with van der Waals surface area (Å²) in [5.74, 6) is 0.870. The van der Waals surface area contributed by atoms with Gasteiger partial charge in [0.05, 0.1) is 12.8 Å². The van der Waals surface area contributed by atoms with E-state index in [4.69, 9.17) is 4.74 Å². The Kier molecular flexibility index (Phi) is 4.32. The van der Waals surface area contributed by atoms with Crippen LogP contribution in [0, 0.1) is 0 Å². The normalized spacial score (nSPS) is 15.7. The highest BCUT2D eigenvalue weighted by Gasteiger charge is 2.29. The summed E-state index contributed by atoms with van der Waals surface area (Å²) in [6.45, 7) is 3.99. The molecular weight excluding hydrogens is 254 g/mol. The number of allylic oxidation sites excluding steroid dienone is 2. The van der Waals surface area contributed by atoms with Gasteiger partial charge in [-0.2, -0.15) is 0 Å². The molecule has 0 aliphatic heterocycles. The van der Waals surface area contributed by atoms with Gasteiger partial charge in [-0.15, -0.1) is 0 Å². The second kappa shape index (κ2) is 5.99. The molecule has 20 heavy (non-hydrogen) atoms. The Hall–Kier alpha value is -1.97. The molecule has 0 amide bonds. The van der Waals surface area contributed by atoms with E-state index in [9.17, 15) is 9.90 Å². The molecule has 1 N–H and O–H groups in total. The quantitative estimate of drug-likeness (QED) is 0.914. The predicted molar refractivity (Wildman–Crippen MR) is 79.1 cm³/mol. The summed E-state index contributed by atoms with van der Waals surface area (Å²) < 4.78 is 5.38. The maximum absolute atomic E-state index is 12.2. The molecule has 4 nitrogen and oxygen atoms in total. The monoisotopic (exact) mass is 275 g/mol. The van der Waals surface area contributed by atoms with Crippen LogP contribution in [0.5, 0.6) is 5.75 Å². The van der Waals surface area contributed by atoms with Gasteiger partial charge in [-0.1, -0.05) is 12.1 Å². The first-order valence-corrected chi connectivity index (χ1v) is 6.93. The Morgan fingerprint density at radius 1 is 1.25 bits per heavy atom. The molecule has 0 unspecified atom stereocenters. The molecule has 1 aromatic carbocycles. The largest absolute Gasteiger partial charge is 0.510 e. The number of para-hydroxylation sites is 2. The van der Waals surface area contributed by atoms with E-state index in [2.05, 4.69) is 0 Å². The molecule has 0 heterocycles. The maximum Gasteiger partial charge on any atom is 0.182 e. The Bertz CT molecular complexity index is 534. The number of carbonyl (C=O) groups excluding carboxylic acids is 1. The van der Waals surface area contributed by atoms with E-state index in [1.54, 1.807) is 7.11 Å². The minimum atomic E-state index is -0.00615. The van der Waals surface area contributed by atoms with Crippen molar-refractivity contribution in [1.29, 1.82) is 0 Å². The fourth-order valence-corrected chi connectivity index (χ4v) is 2.57. The third-order valence-corrected chi connectivity index (χ3v) is 3.46. The molecule has 2 rings (SSSR count). The third kappa shape index (κ3) is 2.64. The van der Waals surface area contributed by atoms with Crippen LogP contribution in [0.25, 0.3) is 0 Å². The van der Waals surface area contributed by atoms with Crippen LogP contribution < -0.4 is 9.64 Å². The van der Waals surface area contributed by atoms with Crippen molar-refractivity contribution in [2.24, 2.45) is 0 Å². The van der Waals surface area contributed by atoms with Crippen molar-refractivity contribution < 1.29 is 14.6 Å². The molecular formula is C16H21NO3. The zero-order valence-electron chi connectivity index (χ0n) is 12.2. The number of Topliss-reactive ketones (excluding diaryl/α,β-unsaturated/α-hetero) is 1. The predicted octanol–water partition coefficient (Wildman–Crippen LogP) is 3.43. The van der Waals surface area contributed by atoms with Gasteiger partial charge < -0.3 is 14.7 Å². The molecule has 0 spiro atoms. The van der Waals surface area contributed by atoms with E-state index < -0.39 is 0 Å². The smallest absolute Gasteiger partial charge is 0.182 e. The minimum absolute atomic E-state index is 0.00615. The molecule has 0 saturated heterocycles. The number of methoxy groups -OCH3 is 1. The molecule has 1 aromatic rings. The van der Waals surface area contributed by atoms with E-state index in [1.807, 2.05) is 43.0 Å². The summed E-state index contributed by atoms with van der Waals surface area (Å²) in [4.78, 5) is 14.1. The lowest BCUT2D eigenvalue weighted by Gasteiger charge is -2.33. The number of anilines is 1. The number of aliphatic hydroxyl groups excluding tert-OH is 1. The number of hydrogen-bond donors (Lipinski definition) is 1. The van der Waals surface area contributed by atoms with Gasteiger partial charge in [-0.05, 0) is 32.4 Å². The number of carbonyl (C=O) groups is 1. The summed E-state index contributed by atoms with van der Waals surface area (Å²) in [7, 11) is 1.61. The van der Waals surface area contributed by atoms with Crippen LogP contribution in [-0.4, -0.2) is 24.0 Å². The maximum atomic E-state index is 12.2. The zero-order chi connectivity index (χ0) is 14.7. The van der Waals surface area contributed by atoms with Gasteiger partial charge in [0.15, 0.2) is 5.78 Å². The lowest BCUT2D eigenvalue weighted by atomic mass is 9.98. The van der Waals surface area contributed by atoms with Gasteiger partial charge in [-0.25, -0.2) is 0 Å². The zero-order valence-corrected chi connectivity index (χ0v) is 12.2. The van der Waals surface area contributed by atoms with Crippen molar-refractivity contribution in [3.8, 4) is 5.75 Å². The van der Waals surface area contributed by atoms with E-state index in [0.717, 1.165) is 5.69 Å². The van der Waals surface area contributed by atoms with Crippen molar-refractivity contribution in [1.82, 2.24) is 0 Å². The van der Waals surface area contributed by atoms with E-state index in [-0.39, 0.29) is 17.6 Å². The Morgan fingerprint density at radius 2 is 1.95 bits per heavy atom. The van der Waals surface area contributed by atoms with Gasteiger partial charge in [0.25, 0.3) is 0 Å². The van der Waals surface area contributed by atoms with Crippen LogP contribution in [0.2, 0.25) is 0 Å². The van der Waals surface area contributed by atoms with Crippen molar-refractivity contribution in [3.05, 3.63) is 35.7 Å². The average Bonchev–Trinajstić information content (AvgIpc) is 2.42. The Labute approximate surface area is 119 Å². The summed E-state index contributed by atoms with van der Waals surface area (Å²) in [5, 5.41) is 10.2. The lowest BCUT2D eigenvalue weighted by molar-refractivity contribution is -0.116. The highest BCUT2D eigenvalue weighted by molar-refractivity contribution is 6.00. The average molecular weight is 275 g/mol. The number of aliphatic hydroxyl groups is 1. The van der Waals surface area contributed by atoms with Gasteiger partial charge in [-0.3, -0.25) is 4.79 Å². The van der Waals surface area contributed by atoms with Gasteiger partial charge in [0.1, 0.15) is 17.2 Å². The first-order valence-electron chi connectivity index (χ1n) is 6.93. The second-order valence-electron chi connectivity index (χ2n) is 5.21. The lowest BCUT2D eigenvalue weighted by Crippen LogP contribution is -2.36. The summed E-state index contributed by atoms with van der Waals surface area (Å²) in [6.07, 6.45) is 1.75. The number of hydrogen-bond acceptors (Lipinski definition) is 4. The topological polar surface area (TPSA) is 49.8 Å². The molecule has 1 aliphatic carbocycles. The molecule has 1 aliphatic rings. The molecule has 0 aromatic heterocycles. The van der Waals surface area contributed by atoms with Crippen LogP contribution >= 0.6 is 0 Å². The van der Waals surface area contributed by atoms with Crippen LogP contribution in [0.4, 0.5) is 5.69 Å². The van der Waals surface area contributed by atoms with E-state index in [1.165, 1.54) is 0 Å². The number of benzene rings is 1. The summed E-state index contributed by atoms with van der Waals surface area (Å²) >= 11 is 0. The molecule has 108 valence electrons.